The highest BCUT2D eigenvalue weighted by molar-refractivity contribution is 7.89. The molecule has 0 unspecified atom stereocenters. The van der Waals surface area contributed by atoms with E-state index in [0.717, 1.165) is 38.3 Å². The standard InChI is InChI=1S/C14H23N3O3S/c1-17(2)21(18,19)12-3-4-14(13(15)9-12)16-10-11-5-7-20-8-6-11/h3-4,9,11,16H,5-8,10,15H2,1-2H3. The van der Waals surface area contributed by atoms with E-state index in [0.29, 0.717) is 11.6 Å². The maximum atomic E-state index is 12.0. The minimum absolute atomic E-state index is 0.210. The molecular weight excluding hydrogens is 290 g/mol. The van der Waals surface area contributed by atoms with Gasteiger partial charge in [-0.2, -0.15) is 0 Å². The van der Waals surface area contributed by atoms with Gasteiger partial charge in [0.2, 0.25) is 10.0 Å². The third-order valence-corrected chi connectivity index (χ3v) is 5.53. The van der Waals surface area contributed by atoms with Crippen molar-refractivity contribution < 1.29 is 13.2 Å². The average molecular weight is 313 g/mol. The van der Waals surface area contributed by atoms with Gasteiger partial charge in [0.1, 0.15) is 0 Å². The first-order valence-electron chi connectivity index (χ1n) is 7.05. The van der Waals surface area contributed by atoms with Crippen molar-refractivity contribution in [2.24, 2.45) is 5.92 Å². The zero-order valence-electron chi connectivity index (χ0n) is 12.5. The fourth-order valence-electron chi connectivity index (χ4n) is 2.28. The smallest absolute Gasteiger partial charge is 0.242 e. The van der Waals surface area contributed by atoms with E-state index < -0.39 is 10.0 Å². The van der Waals surface area contributed by atoms with Crippen molar-refractivity contribution in [3.8, 4) is 0 Å². The quantitative estimate of drug-likeness (QED) is 0.802. The zero-order valence-corrected chi connectivity index (χ0v) is 13.3. The molecule has 0 bridgehead atoms. The SMILES string of the molecule is CN(C)S(=O)(=O)c1ccc(NCC2CCOCC2)c(N)c1. The summed E-state index contributed by atoms with van der Waals surface area (Å²) in [7, 11) is -0.437. The Bertz CT molecular complexity index is 581. The summed E-state index contributed by atoms with van der Waals surface area (Å²) in [5.41, 5.74) is 7.19. The number of nitrogens with two attached hydrogens (primary N) is 1. The van der Waals surface area contributed by atoms with E-state index in [9.17, 15) is 8.42 Å². The van der Waals surface area contributed by atoms with Crippen LogP contribution in [0.25, 0.3) is 0 Å². The summed E-state index contributed by atoms with van der Waals surface area (Å²) >= 11 is 0. The molecule has 1 aliphatic rings. The van der Waals surface area contributed by atoms with Crippen LogP contribution in [0.4, 0.5) is 11.4 Å². The number of benzene rings is 1. The Hall–Kier alpha value is -1.31. The molecule has 1 saturated heterocycles. The number of hydrogen-bond acceptors (Lipinski definition) is 5. The zero-order chi connectivity index (χ0) is 15.5. The lowest BCUT2D eigenvalue weighted by Crippen LogP contribution is -2.23. The fourth-order valence-corrected chi connectivity index (χ4v) is 3.22. The topological polar surface area (TPSA) is 84.7 Å². The molecule has 0 aromatic heterocycles. The van der Waals surface area contributed by atoms with Gasteiger partial charge in [0, 0.05) is 33.9 Å². The molecule has 21 heavy (non-hydrogen) atoms. The van der Waals surface area contributed by atoms with Crippen molar-refractivity contribution >= 4 is 21.4 Å². The van der Waals surface area contributed by atoms with E-state index in [1.54, 1.807) is 12.1 Å². The van der Waals surface area contributed by atoms with Gasteiger partial charge in [-0.15, -0.1) is 0 Å². The lowest BCUT2D eigenvalue weighted by atomic mass is 10.0. The van der Waals surface area contributed by atoms with Gasteiger partial charge < -0.3 is 15.8 Å². The van der Waals surface area contributed by atoms with Crippen LogP contribution >= 0.6 is 0 Å². The number of nitrogens with zero attached hydrogens (tertiary/aromatic N) is 1. The molecule has 3 N–H and O–H groups in total. The highest BCUT2D eigenvalue weighted by atomic mass is 32.2. The molecule has 0 aliphatic carbocycles. The first kappa shape index (κ1) is 16.1. The van der Waals surface area contributed by atoms with Gasteiger partial charge in [-0.1, -0.05) is 0 Å². The van der Waals surface area contributed by atoms with E-state index in [1.807, 2.05) is 0 Å². The minimum atomic E-state index is -3.44. The molecule has 2 rings (SSSR count). The van der Waals surface area contributed by atoms with E-state index in [1.165, 1.54) is 24.5 Å². The number of anilines is 2. The van der Waals surface area contributed by atoms with Crippen LogP contribution in [0.5, 0.6) is 0 Å². The van der Waals surface area contributed by atoms with Crippen LogP contribution in [0.15, 0.2) is 23.1 Å². The molecule has 0 radical (unpaired) electrons. The molecule has 1 aromatic carbocycles. The van der Waals surface area contributed by atoms with Gasteiger partial charge in [0.25, 0.3) is 0 Å². The van der Waals surface area contributed by atoms with E-state index in [4.69, 9.17) is 10.5 Å². The maximum absolute atomic E-state index is 12.0. The molecule has 0 spiro atoms. The van der Waals surface area contributed by atoms with Gasteiger partial charge in [0.15, 0.2) is 0 Å². The Kier molecular flexibility index (Phi) is 5.08. The molecule has 0 saturated carbocycles. The lowest BCUT2D eigenvalue weighted by molar-refractivity contribution is 0.0699. The third kappa shape index (κ3) is 3.87. The molecule has 0 amide bonds. The molecule has 118 valence electrons. The average Bonchev–Trinajstić information content (AvgIpc) is 2.46. The van der Waals surface area contributed by atoms with Crippen LogP contribution in [0, 0.1) is 5.92 Å². The summed E-state index contributed by atoms with van der Waals surface area (Å²) in [6.07, 6.45) is 2.08. The summed E-state index contributed by atoms with van der Waals surface area (Å²) in [6, 6.07) is 4.81. The van der Waals surface area contributed by atoms with Crippen molar-refractivity contribution in [1.29, 1.82) is 0 Å². The molecule has 6 nitrogen and oxygen atoms in total. The number of hydrogen-bond donors (Lipinski definition) is 2. The predicted octanol–water partition coefficient (Wildman–Crippen LogP) is 1.36. The van der Waals surface area contributed by atoms with Gasteiger partial charge >= 0.3 is 0 Å². The third-order valence-electron chi connectivity index (χ3n) is 3.72. The number of nitrogens with one attached hydrogen (secondary N) is 1. The molecular formula is C14H23N3O3S. The van der Waals surface area contributed by atoms with Gasteiger partial charge in [-0.05, 0) is 37.0 Å². The van der Waals surface area contributed by atoms with Crippen LogP contribution in [-0.2, 0) is 14.8 Å². The van der Waals surface area contributed by atoms with Crippen molar-refractivity contribution in [2.45, 2.75) is 17.7 Å². The number of rotatable bonds is 5. The Morgan fingerprint density at radius 3 is 2.57 bits per heavy atom. The lowest BCUT2D eigenvalue weighted by Gasteiger charge is -2.23. The molecule has 7 heteroatoms. The highest BCUT2D eigenvalue weighted by Crippen LogP contribution is 2.25. The Labute approximate surface area is 126 Å². The van der Waals surface area contributed by atoms with Crippen LogP contribution in [0.3, 0.4) is 0 Å². The van der Waals surface area contributed by atoms with Gasteiger partial charge in [-0.3, -0.25) is 0 Å². The normalized spacial score (nSPS) is 17.1. The van der Waals surface area contributed by atoms with E-state index in [-0.39, 0.29) is 4.90 Å². The van der Waals surface area contributed by atoms with Crippen molar-refractivity contribution in [3.05, 3.63) is 18.2 Å². The van der Waals surface area contributed by atoms with Crippen molar-refractivity contribution in [1.82, 2.24) is 4.31 Å². The Morgan fingerprint density at radius 1 is 1.33 bits per heavy atom. The Morgan fingerprint density at radius 2 is 2.00 bits per heavy atom. The summed E-state index contributed by atoms with van der Waals surface area (Å²) in [6.45, 7) is 2.44. The largest absolute Gasteiger partial charge is 0.397 e. The van der Waals surface area contributed by atoms with Crippen LogP contribution in [0.2, 0.25) is 0 Å². The monoisotopic (exact) mass is 313 g/mol. The van der Waals surface area contributed by atoms with E-state index in [2.05, 4.69) is 5.32 Å². The van der Waals surface area contributed by atoms with Crippen molar-refractivity contribution in [3.63, 3.8) is 0 Å². The van der Waals surface area contributed by atoms with Gasteiger partial charge in [-0.25, -0.2) is 12.7 Å². The van der Waals surface area contributed by atoms with Crippen LogP contribution in [-0.4, -0.2) is 46.6 Å². The summed E-state index contributed by atoms with van der Waals surface area (Å²) in [5, 5.41) is 3.30. The first-order valence-corrected chi connectivity index (χ1v) is 8.49. The first-order chi connectivity index (χ1) is 9.91. The second-order valence-corrected chi connectivity index (χ2v) is 7.62. The maximum Gasteiger partial charge on any atom is 0.242 e. The summed E-state index contributed by atoms with van der Waals surface area (Å²) in [5.74, 6) is 0.573. The fraction of sp³-hybridized carbons (Fsp3) is 0.571. The molecule has 0 atom stereocenters. The second-order valence-electron chi connectivity index (χ2n) is 5.47. The predicted molar refractivity (Wildman–Crippen MR) is 83.8 cm³/mol. The van der Waals surface area contributed by atoms with Crippen LogP contribution < -0.4 is 11.1 Å². The molecule has 1 aromatic rings. The highest BCUT2D eigenvalue weighted by Gasteiger charge is 2.18. The summed E-state index contributed by atoms with van der Waals surface area (Å²) < 4.78 is 30.6. The number of ether oxygens (including phenoxy) is 1. The second kappa shape index (κ2) is 6.64. The van der Waals surface area contributed by atoms with Gasteiger partial charge in [0.05, 0.1) is 16.3 Å². The van der Waals surface area contributed by atoms with Crippen LogP contribution in [0.1, 0.15) is 12.8 Å². The Balaban J connectivity index is 2.05. The number of nitrogen functional groups attached to an aromatic ring is 1. The van der Waals surface area contributed by atoms with E-state index >= 15 is 0 Å². The minimum Gasteiger partial charge on any atom is -0.397 e. The molecule has 1 aliphatic heterocycles. The van der Waals surface area contributed by atoms with Crippen molar-refractivity contribution in [2.75, 3.05) is 44.9 Å². The number of sulfonamides is 1. The molecule has 1 heterocycles. The molecule has 1 fully saturated rings. The summed E-state index contributed by atoms with van der Waals surface area (Å²) in [4.78, 5) is 0.210.